The fraction of sp³-hybridized carbons (Fsp3) is 0.357. The minimum atomic E-state index is -0.0407. The maximum atomic E-state index is 12.8. The van der Waals surface area contributed by atoms with E-state index in [4.69, 9.17) is 4.98 Å². The number of nitrogens with zero attached hydrogens (tertiary/aromatic N) is 6. The molecular formula is C28H32N6O2. The number of piperazine rings is 1. The van der Waals surface area contributed by atoms with Crippen molar-refractivity contribution in [3.05, 3.63) is 77.0 Å². The quantitative estimate of drug-likeness (QED) is 0.440. The van der Waals surface area contributed by atoms with Gasteiger partial charge in [0.1, 0.15) is 0 Å². The van der Waals surface area contributed by atoms with Gasteiger partial charge in [0.2, 0.25) is 0 Å². The largest absolute Gasteiger partial charge is 0.368 e. The van der Waals surface area contributed by atoms with Gasteiger partial charge in [-0.3, -0.25) is 18.9 Å². The van der Waals surface area contributed by atoms with Gasteiger partial charge in [-0.2, -0.15) is 0 Å². The predicted octanol–water partition coefficient (Wildman–Crippen LogP) is 3.81. The van der Waals surface area contributed by atoms with Crippen LogP contribution < -0.4 is 10.6 Å². The normalized spacial score (nSPS) is 14.4. The van der Waals surface area contributed by atoms with Crippen molar-refractivity contribution >= 4 is 22.8 Å². The molecule has 0 unspecified atom stereocenters. The van der Waals surface area contributed by atoms with E-state index < -0.39 is 0 Å². The van der Waals surface area contributed by atoms with E-state index in [0.29, 0.717) is 30.8 Å². The van der Waals surface area contributed by atoms with Crippen LogP contribution in [-0.2, 0) is 13.6 Å². The van der Waals surface area contributed by atoms with Gasteiger partial charge in [-0.25, -0.2) is 9.78 Å². The summed E-state index contributed by atoms with van der Waals surface area (Å²) >= 11 is 0. The van der Waals surface area contributed by atoms with Gasteiger partial charge < -0.3 is 9.80 Å². The number of carbonyl (C=O) groups is 1. The Hall–Kier alpha value is -3.94. The summed E-state index contributed by atoms with van der Waals surface area (Å²) in [5.41, 5.74) is 5.09. The van der Waals surface area contributed by atoms with Gasteiger partial charge in [0.05, 0.1) is 16.8 Å². The Morgan fingerprint density at radius 2 is 1.69 bits per heavy atom. The molecule has 3 aromatic heterocycles. The van der Waals surface area contributed by atoms with Crippen LogP contribution in [0.3, 0.4) is 0 Å². The molecule has 8 heteroatoms. The Bertz CT molecular complexity index is 1440. The molecule has 0 saturated carbocycles. The lowest BCUT2D eigenvalue weighted by molar-refractivity contribution is 0.0746. The second-order valence-electron chi connectivity index (χ2n) is 10.6. The standard InChI is InChI=1S/C28H32N6O2/c1-28(2,3)19-34-24-12-11-23(30-25(24)31(4)27(34)36)20-7-9-22(10-8-20)32-14-16-33(17-15-32)26(35)21-6-5-13-29-18-21/h5-13,18H,14-17,19H2,1-4H3. The molecule has 36 heavy (non-hydrogen) atoms. The van der Waals surface area contributed by atoms with E-state index in [2.05, 4.69) is 54.9 Å². The number of carbonyl (C=O) groups excluding carboxylic acids is 1. The number of hydrogen-bond acceptors (Lipinski definition) is 5. The number of anilines is 1. The highest BCUT2D eigenvalue weighted by Crippen LogP contribution is 2.26. The SMILES string of the molecule is Cn1c(=O)n(CC(C)(C)C)c2ccc(-c3ccc(N4CCN(C(=O)c5cccnc5)CC4)cc3)nc21. The number of imidazole rings is 1. The summed E-state index contributed by atoms with van der Waals surface area (Å²) < 4.78 is 3.44. The van der Waals surface area contributed by atoms with E-state index in [1.807, 2.05) is 27.7 Å². The van der Waals surface area contributed by atoms with Gasteiger partial charge in [-0.1, -0.05) is 32.9 Å². The first-order chi connectivity index (χ1) is 17.2. The molecule has 4 aromatic rings. The van der Waals surface area contributed by atoms with E-state index in [9.17, 15) is 9.59 Å². The zero-order valence-electron chi connectivity index (χ0n) is 21.3. The van der Waals surface area contributed by atoms with Crippen molar-refractivity contribution in [3.63, 3.8) is 0 Å². The Balaban J connectivity index is 1.31. The molecule has 0 spiro atoms. The lowest BCUT2D eigenvalue weighted by Crippen LogP contribution is -2.48. The third kappa shape index (κ3) is 4.63. The van der Waals surface area contributed by atoms with Crippen LogP contribution in [0, 0.1) is 5.41 Å². The summed E-state index contributed by atoms with van der Waals surface area (Å²) in [6.45, 7) is 9.92. The van der Waals surface area contributed by atoms with E-state index in [1.165, 1.54) is 0 Å². The second-order valence-corrected chi connectivity index (χ2v) is 10.6. The number of aryl methyl sites for hydroxylation is 1. The molecule has 8 nitrogen and oxygen atoms in total. The predicted molar refractivity (Wildman–Crippen MR) is 142 cm³/mol. The molecule has 4 heterocycles. The van der Waals surface area contributed by atoms with Gasteiger partial charge in [0, 0.05) is 63.4 Å². The summed E-state index contributed by atoms with van der Waals surface area (Å²) in [4.78, 5) is 38.6. The van der Waals surface area contributed by atoms with Crippen molar-refractivity contribution in [2.45, 2.75) is 27.3 Å². The number of hydrogen-bond donors (Lipinski definition) is 0. The molecule has 1 aliphatic heterocycles. The number of rotatable bonds is 4. The molecular weight excluding hydrogens is 452 g/mol. The number of aromatic nitrogens is 4. The molecule has 0 N–H and O–H groups in total. The molecule has 1 saturated heterocycles. The van der Waals surface area contributed by atoms with Crippen molar-refractivity contribution in [1.82, 2.24) is 24.0 Å². The molecule has 1 aromatic carbocycles. The molecule has 0 radical (unpaired) electrons. The summed E-state index contributed by atoms with van der Waals surface area (Å²) in [6.07, 6.45) is 3.30. The first kappa shape index (κ1) is 23.8. The highest BCUT2D eigenvalue weighted by atomic mass is 16.2. The van der Waals surface area contributed by atoms with E-state index >= 15 is 0 Å². The Morgan fingerprint density at radius 1 is 0.972 bits per heavy atom. The number of benzene rings is 1. The monoisotopic (exact) mass is 484 g/mol. The fourth-order valence-corrected chi connectivity index (χ4v) is 4.74. The summed E-state index contributed by atoms with van der Waals surface area (Å²) in [6, 6.07) is 15.9. The van der Waals surface area contributed by atoms with Gasteiger partial charge in [0.25, 0.3) is 5.91 Å². The van der Waals surface area contributed by atoms with Crippen molar-refractivity contribution < 1.29 is 4.79 Å². The maximum Gasteiger partial charge on any atom is 0.330 e. The summed E-state index contributed by atoms with van der Waals surface area (Å²) in [7, 11) is 1.78. The molecule has 0 atom stereocenters. The van der Waals surface area contributed by atoms with Gasteiger partial charge >= 0.3 is 5.69 Å². The van der Waals surface area contributed by atoms with Crippen molar-refractivity contribution in [1.29, 1.82) is 0 Å². The van der Waals surface area contributed by atoms with Gasteiger partial charge in [-0.15, -0.1) is 0 Å². The minimum absolute atomic E-state index is 0.00978. The van der Waals surface area contributed by atoms with Crippen molar-refractivity contribution in [3.8, 4) is 11.3 Å². The third-order valence-corrected chi connectivity index (χ3v) is 6.62. The molecule has 5 rings (SSSR count). The van der Waals surface area contributed by atoms with Gasteiger partial charge in [0.15, 0.2) is 5.65 Å². The summed E-state index contributed by atoms with van der Waals surface area (Å²) in [5.74, 6) is 0.0327. The Kier molecular flexibility index (Phi) is 6.12. The van der Waals surface area contributed by atoms with Crippen LogP contribution in [0.5, 0.6) is 0 Å². The molecule has 1 fully saturated rings. The van der Waals surface area contributed by atoms with E-state index in [1.54, 1.807) is 30.1 Å². The average molecular weight is 485 g/mol. The zero-order chi connectivity index (χ0) is 25.4. The van der Waals surface area contributed by atoms with Crippen molar-refractivity contribution in [2.75, 3.05) is 31.1 Å². The Morgan fingerprint density at radius 3 is 2.33 bits per heavy atom. The second kappa shape index (κ2) is 9.26. The summed E-state index contributed by atoms with van der Waals surface area (Å²) in [5, 5.41) is 0. The molecule has 1 aliphatic rings. The maximum absolute atomic E-state index is 12.8. The lowest BCUT2D eigenvalue weighted by Gasteiger charge is -2.36. The van der Waals surface area contributed by atoms with Crippen LogP contribution in [0.25, 0.3) is 22.4 Å². The van der Waals surface area contributed by atoms with Crippen LogP contribution in [0.2, 0.25) is 0 Å². The molecule has 0 bridgehead atoms. The van der Waals surface area contributed by atoms with E-state index in [0.717, 1.165) is 35.6 Å². The average Bonchev–Trinajstić information content (AvgIpc) is 3.12. The number of pyridine rings is 2. The first-order valence-corrected chi connectivity index (χ1v) is 12.3. The van der Waals surface area contributed by atoms with Crippen LogP contribution in [0.4, 0.5) is 5.69 Å². The first-order valence-electron chi connectivity index (χ1n) is 12.3. The van der Waals surface area contributed by atoms with Crippen LogP contribution in [-0.4, -0.2) is 56.1 Å². The molecule has 186 valence electrons. The Labute approximate surface area is 210 Å². The topological polar surface area (TPSA) is 76.3 Å². The van der Waals surface area contributed by atoms with Crippen LogP contribution in [0.15, 0.2) is 65.7 Å². The molecule has 1 amide bonds. The van der Waals surface area contributed by atoms with Crippen LogP contribution in [0.1, 0.15) is 31.1 Å². The highest BCUT2D eigenvalue weighted by Gasteiger charge is 2.23. The molecule has 0 aliphatic carbocycles. The third-order valence-electron chi connectivity index (χ3n) is 6.62. The zero-order valence-corrected chi connectivity index (χ0v) is 21.3. The van der Waals surface area contributed by atoms with Crippen molar-refractivity contribution in [2.24, 2.45) is 12.5 Å². The highest BCUT2D eigenvalue weighted by molar-refractivity contribution is 5.94. The fourth-order valence-electron chi connectivity index (χ4n) is 4.74. The number of amides is 1. The smallest absolute Gasteiger partial charge is 0.330 e. The van der Waals surface area contributed by atoms with E-state index in [-0.39, 0.29) is 17.0 Å². The lowest BCUT2D eigenvalue weighted by atomic mass is 9.97. The van der Waals surface area contributed by atoms with Crippen LogP contribution >= 0.6 is 0 Å². The minimum Gasteiger partial charge on any atom is -0.368 e. The number of fused-ring (bicyclic) bond motifs is 1. The van der Waals surface area contributed by atoms with Gasteiger partial charge in [-0.05, 0) is 41.8 Å².